The second-order valence-electron chi connectivity index (χ2n) is 4.51. The molecule has 1 aliphatic rings. The largest absolute Gasteiger partial charge is 0.477 e. The van der Waals surface area contributed by atoms with Crippen molar-refractivity contribution in [2.75, 3.05) is 31.7 Å². The Kier molecular flexibility index (Phi) is 4.09. The Balaban J connectivity index is 2.01. The van der Waals surface area contributed by atoms with Gasteiger partial charge in [-0.3, -0.25) is 0 Å². The molecule has 0 bridgehead atoms. The third-order valence-electron chi connectivity index (χ3n) is 2.99. The fraction of sp³-hybridized carbons (Fsp3) is 0.583. The summed E-state index contributed by atoms with van der Waals surface area (Å²) in [7, 11) is 1.87. The first-order chi connectivity index (χ1) is 8.66. The highest BCUT2D eigenvalue weighted by molar-refractivity contribution is 5.85. The van der Waals surface area contributed by atoms with Crippen LogP contribution in [0.1, 0.15) is 23.3 Å². The van der Waals surface area contributed by atoms with Gasteiger partial charge < -0.3 is 14.7 Å². The van der Waals surface area contributed by atoms with E-state index >= 15 is 0 Å². The van der Waals surface area contributed by atoms with Gasteiger partial charge in [0, 0.05) is 26.4 Å². The molecule has 1 aromatic rings. The molecule has 1 N–H and O–H groups in total. The number of carboxylic acids is 1. The van der Waals surface area contributed by atoms with Crippen LogP contribution < -0.4 is 4.90 Å². The Bertz CT molecular complexity index is 419. The Morgan fingerprint density at radius 1 is 1.67 bits per heavy atom. The number of ether oxygens (including phenoxy) is 1. The fourth-order valence-corrected chi connectivity index (χ4v) is 2.07. The molecule has 0 radical (unpaired) electrons. The minimum Gasteiger partial charge on any atom is -0.477 e. The van der Waals surface area contributed by atoms with Crippen molar-refractivity contribution < 1.29 is 14.6 Å². The van der Waals surface area contributed by atoms with Crippen molar-refractivity contribution >= 4 is 11.9 Å². The van der Waals surface area contributed by atoms with Gasteiger partial charge in [-0.25, -0.2) is 14.8 Å². The molecule has 0 amide bonds. The predicted molar refractivity (Wildman–Crippen MR) is 65.8 cm³/mol. The summed E-state index contributed by atoms with van der Waals surface area (Å²) in [5.74, 6) is -0.130. The van der Waals surface area contributed by atoms with Crippen molar-refractivity contribution in [2.24, 2.45) is 5.92 Å². The third-order valence-corrected chi connectivity index (χ3v) is 2.99. The maximum absolute atomic E-state index is 10.8. The highest BCUT2D eigenvalue weighted by Gasteiger charge is 2.18. The lowest BCUT2D eigenvalue weighted by atomic mass is 10.0. The number of carbonyl (C=O) groups is 1. The van der Waals surface area contributed by atoms with E-state index in [0.29, 0.717) is 11.9 Å². The van der Waals surface area contributed by atoms with Crippen molar-refractivity contribution in [3.05, 3.63) is 18.0 Å². The molecule has 6 nitrogen and oxygen atoms in total. The molecule has 18 heavy (non-hydrogen) atoms. The molecule has 1 aromatic heterocycles. The molecule has 0 spiro atoms. The molecule has 1 atom stereocenters. The molecule has 1 saturated heterocycles. The van der Waals surface area contributed by atoms with E-state index in [1.807, 2.05) is 11.9 Å². The minimum atomic E-state index is -1.03. The molecular weight excluding hydrogens is 234 g/mol. The van der Waals surface area contributed by atoms with E-state index in [9.17, 15) is 4.79 Å². The maximum atomic E-state index is 10.8. The van der Waals surface area contributed by atoms with Crippen LogP contribution >= 0.6 is 0 Å². The van der Waals surface area contributed by atoms with Crippen LogP contribution in [0.2, 0.25) is 0 Å². The smallest absolute Gasteiger partial charge is 0.354 e. The van der Waals surface area contributed by atoms with Crippen LogP contribution in [0.15, 0.2) is 12.3 Å². The molecule has 2 heterocycles. The van der Waals surface area contributed by atoms with Crippen molar-refractivity contribution in [1.29, 1.82) is 0 Å². The lowest BCUT2D eigenvalue weighted by Gasteiger charge is -2.27. The van der Waals surface area contributed by atoms with Gasteiger partial charge in [0.05, 0.1) is 6.61 Å². The van der Waals surface area contributed by atoms with E-state index in [4.69, 9.17) is 9.84 Å². The van der Waals surface area contributed by atoms with Crippen molar-refractivity contribution in [3.63, 3.8) is 0 Å². The predicted octanol–water partition coefficient (Wildman–Crippen LogP) is 1.04. The zero-order chi connectivity index (χ0) is 13.0. The number of aromatic carboxylic acids is 1. The van der Waals surface area contributed by atoms with Crippen LogP contribution in [0.5, 0.6) is 0 Å². The van der Waals surface area contributed by atoms with Crippen LogP contribution in [0.4, 0.5) is 5.95 Å². The normalized spacial score (nSPS) is 19.5. The van der Waals surface area contributed by atoms with Gasteiger partial charge in [-0.15, -0.1) is 0 Å². The first kappa shape index (κ1) is 12.8. The van der Waals surface area contributed by atoms with E-state index in [-0.39, 0.29) is 5.69 Å². The number of rotatable bonds is 4. The average molecular weight is 251 g/mol. The molecule has 98 valence electrons. The molecule has 0 aliphatic carbocycles. The second-order valence-corrected chi connectivity index (χ2v) is 4.51. The Labute approximate surface area is 106 Å². The fourth-order valence-electron chi connectivity index (χ4n) is 2.07. The maximum Gasteiger partial charge on any atom is 0.354 e. The van der Waals surface area contributed by atoms with Crippen LogP contribution in [0.25, 0.3) is 0 Å². The van der Waals surface area contributed by atoms with E-state index in [1.165, 1.54) is 12.3 Å². The monoisotopic (exact) mass is 251 g/mol. The summed E-state index contributed by atoms with van der Waals surface area (Å²) in [4.78, 5) is 20.8. The minimum absolute atomic E-state index is 0.0201. The van der Waals surface area contributed by atoms with E-state index in [0.717, 1.165) is 32.6 Å². The van der Waals surface area contributed by atoms with E-state index in [1.54, 1.807) is 0 Å². The Morgan fingerprint density at radius 3 is 3.17 bits per heavy atom. The van der Waals surface area contributed by atoms with Gasteiger partial charge >= 0.3 is 5.97 Å². The number of nitrogens with zero attached hydrogens (tertiary/aromatic N) is 3. The summed E-state index contributed by atoms with van der Waals surface area (Å²) in [6, 6.07) is 1.39. The zero-order valence-corrected chi connectivity index (χ0v) is 10.4. The molecule has 1 aliphatic heterocycles. The third kappa shape index (κ3) is 3.16. The number of anilines is 1. The first-order valence-electron chi connectivity index (χ1n) is 6.02. The molecule has 2 rings (SSSR count). The van der Waals surface area contributed by atoms with Gasteiger partial charge in [-0.1, -0.05) is 0 Å². The molecule has 0 aromatic carbocycles. The molecule has 0 saturated carbocycles. The summed E-state index contributed by atoms with van der Waals surface area (Å²) in [6.07, 6.45) is 3.68. The molecule has 6 heteroatoms. The van der Waals surface area contributed by atoms with Crippen LogP contribution in [0.3, 0.4) is 0 Å². The van der Waals surface area contributed by atoms with Gasteiger partial charge in [0.25, 0.3) is 0 Å². The lowest BCUT2D eigenvalue weighted by molar-refractivity contribution is 0.0575. The van der Waals surface area contributed by atoms with Crippen LogP contribution in [0, 0.1) is 5.92 Å². The number of carboxylic acid groups (broad SMARTS) is 1. The average Bonchev–Trinajstić information content (AvgIpc) is 2.40. The second kappa shape index (κ2) is 5.77. The van der Waals surface area contributed by atoms with Crippen LogP contribution in [-0.4, -0.2) is 47.8 Å². The first-order valence-corrected chi connectivity index (χ1v) is 6.02. The van der Waals surface area contributed by atoms with Crippen LogP contribution in [-0.2, 0) is 4.74 Å². The van der Waals surface area contributed by atoms with Gasteiger partial charge in [0.1, 0.15) is 0 Å². The van der Waals surface area contributed by atoms with Crippen molar-refractivity contribution in [2.45, 2.75) is 12.8 Å². The summed E-state index contributed by atoms with van der Waals surface area (Å²) in [5.41, 5.74) is 0.0201. The van der Waals surface area contributed by atoms with Gasteiger partial charge in [0.2, 0.25) is 5.95 Å². The molecule has 1 fully saturated rings. The van der Waals surface area contributed by atoms with Gasteiger partial charge in [-0.05, 0) is 24.8 Å². The molecule has 1 unspecified atom stereocenters. The van der Waals surface area contributed by atoms with E-state index < -0.39 is 5.97 Å². The van der Waals surface area contributed by atoms with E-state index in [2.05, 4.69) is 9.97 Å². The zero-order valence-electron chi connectivity index (χ0n) is 10.4. The van der Waals surface area contributed by atoms with Crippen molar-refractivity contribution in [1.82, 2.24) is 9.97 Å². The molecular formula is C12H17N3O3. The summed E-state index contributed by atoms with van der Waals surface area (Å²) in [5, 5.41) is 8.88. The van der Waals surface area contributed by atoms with Gasteiger partial charge in [0.15, 0.2) is 5.69 Å². The SMILES string of the molecule is CN(CC1CCCOC1)c1nccc(C(=O)O)n1. The van der Waals surface area contributed by atoms with Crippen molar-refractivity contribution in [3.8, 4) is 0 Å². The number of hydrogen-bond donors (Lipinski definition) is 1. The Morgan fingerprint density at radius 2 is 2.50 bits per heavy atom. The highest BCUT2D eigenvalue weighted by Crippen LogP contribution is 2.16. The Hall–Kier alpha value is -1.69. The highest BCUT2D eigenvalue weighted by atomic mass is 16.5. The topological polar surface area (TPSA) is 75.5 Å². The lowest BCUT2D eigenvalue weighted by Crippen LogP contribution is -2.32. The standard InChI is InChI=1S/C12H17N3O3/c1-15(7-9-3-2-6-18-8-9)12-13-5-4-10(14-12)11(16)17/h4-5,9H,2-3,6-8H2,1H3,(H,16,17). The number of hydrogen-bond acceptors (Lipinski definition) is 5. The summed E-state index contributed by atoms with van der Waals surface area (Å²) in [6.45, 7) is 2.37. The summed E-state index contributed by atoms with van der Waals surface area (Å²) < 4.78 is 5.42. The quantitative estimate of drug-likeness (QED) is 0.861. The number of aromatic nitrogens is 2. The van der Waals surface area contributed by atoms with Gasteiger partial charge in [-0.2, -0.15) is 0 Å². The summed E-state index contributed by atoms with van der Waals surface area (Å²) >= 11 is 0.